The number of benzene rings is 1. The highest BCUT2D eigenvalue weighted by atomic mass is 32.2. The summed E-state index contributed by atoms with van der Waals surface area (Å²) >= 11 is 0. The van der Waals surface area contributed by atoms with Gasteiger partial charge in [0.2, 0.25) is 5.75 Å². The number of hydrogen-bond donors (Lipinski definition) is 1. The topological polar surface area (TPSA) is 96.6 Å². The molecule has 0 amide bonds. The van der Waals surface area contributed by atoms with Gasteiger partial charge in [0.15, 0.2) is 0 Å². The van der Waals surface area contributed by atoms with Crippen LogP contribution in [0, 0.1) is 10.1 Å². The smallest absolute Gasteiger partial charge is 0.313 e. The largest absolute Gasteiger partial charge is 0.501 e. The first kappa shape index (κ1) is 14.9. The Kier molecular flexibility index (Phi) is 4.04. The van der Waals surface area contributed by atoms with Gasteiger partial charge in [-0.3, -0.25) is 24.2 Å². The van der Waals surface area contributed by atoms with Crippen molar-refractivity contribution in [2.45, 2.75) is 6.54 Å². The van der Waals surface area contributed by atoms with E-state index in [9.17, 15) is 19.4 Å². The van der Waals surface area contributed by atoms with Crippen LogP contribution in [0.1, 0.15) is 5.56 Å². The van der Waals surface area contributed by atoms with Crippen molar-refractivity contribution < 1.29 is 14.2 Å². The molecule has 3 rings (SSSR count). The standard InChI is InChI=1S/C14H15N3O4S/c18-14-12(17(19)20)8-10(11-2-1-3-15-13(11)14)9-16-4-6-22(21)7-5-16/h1-3,8,18H,4-7,9H2. The van der Waals surface area contributed by atoms with Crippen LogP contribution in [0.3, 0.4) is 0 Å². The van der Waals surface area contributed by atoms with Crippen molar-refractivity contribution in [2.24, 2.45) is 0 Å². The van der Waals surface area contributed by atoms with Gasteiger partial charge in [-0.05, 0) is 11.6 Å². The first-order valence-electron chi connectivity index (χ1n) is 6.87. The maximum absolute atomic E-state index is 11.4. The molecule has 1 fully saturated rings. The Hall–Kier alpha value is -2.06. The summed E-state index contributed by atoms with van der Waals surface area (Å²) in [5.74, 6) is 0.844. The molecule has 0 saturated carbocycles. The zero-order chi connectivity index (χ0) is 15.7. The van der Waals surface area contributed by atoms with Crippen LogP contribution in [-0.4, -0.2) is 48.7 Å². The quantitative estimate of drug-likeness (QED) is 0.678. The van der Waals surface area contributed by atoms with Gasteiger partial charge in [-0.25, -0.2) is 0 Å². The Morgan fingerprint density at radius 1 is 1.41 bits per heavy atom. The van der Waals surface area contributed by atoms with Crippen LogP contribution in [0.25, 0.3) is 10.9 Å². The average Bonchev–Trinajstić information content (AvgIpc) is 2.52. The monoisotopic (exact) mass is 321 g/mol. The summed E-state index contributed by atoms with van der Waals surface area (Å²) < 4.78 is 11.4. The SMILES string of the molecule is O=[N+]([O-])c1cc(CN2CCS(=O)CC2)c2cccnc2c1O. The molecule has 1 aromatic heterocycles. The molecule has 0 spiro atoms. The highest BCUT2D eigenvalue weighted by Gasteiger charge is 2.22. The molecule has 2 heterocycles. The molecule has 8 heteroatoms. The second-order valence-electron chi connectivity index (χ2n) is 5.18. The maximum Gasteiger partial charge on any atom is 0.313 e. The van der Waals surface area contributed by atoms with Gasteiger partial charge in [-0.15, -0.1) is 0 Å². The minimum absolute atomic E-state index is 0.243. The van der Waals surface area contributed by atoms with Crippen LogP contribution in [0.15, 0.2) is 24.4 Å². The zero-order valence-electron chi connectivity index (χ0n) is 11.8. The van der Waals surface area contributed by atoms with E-state index in [-0.39, 0.29) is 11.2 Å². The Labute approximate surface area is 129 Å². The molecule has 2 aromatic rings. The summed E-state index contributed by atoms with van der Waals surface area (Å²) in [7, 11) is -0.764. The zero-order valence-corrected chi connectivity index (χ0v) is 12.6. The van der Waals surface area contributed by atoms with Crippen LogP contribution in [-0.2, 0) is 17.3 Å². The van der Waals surface area contributed by atoms with E-state index in [1.165, 1.54) is 12.3 Å². The Balaban J connectivity index is 2.02. The lowest BCUT2D eigenvalue weighted by Crippen LogP contribution is -2.37. The van der Waals surface area contributed by atoms with Crippen molar-refractivity contribution in [3.63, 3.8) is 0 Å². The van der Waals surface area contributed by atoms with Gasteiger partial charge in [-0.2, -0.15) is 0 Å². The predicted octanol–water partition coefficient (Wildman–Crippen LogP) is 1.41. The number of hydrogen-bond acceptors (Lipinski definition) is 6. The lowest BCUT2D eigenvalue weighted by Gasteiger charge is -2.26. The number of aromatic nitrogens is 1. The molecule has 1 N–H and O–H groups in total. The van der Waals surface area contributed by atoms with Crippen LogP contribution >= 0.6 is 0 Å². The number of phenolic OH excluding ortho intramolecular Hbond substituents is 1. The number of nitro benzene ring substituents is 1. The third kappa shape index (κ3) is 2.79. The van der Waals surface area contributed by atoms with Crippen molar-refractivity contribution in [1.29, 1.82) is 0 Å². The van der Waals surface area contributed by atoms with Gasteiger partial charge in [0.1, 0.15) is 5.52 Å². The molecule has 0 bridgehead atoms. The van der Waals surface area contributed by atoms with Crippen LogP contribution < -0.4 is 0 Å². The number of pyridine rings is 1. The summed E-state index contributed by atoms with van der Waals surface area (Å²) in [6.45, 7) is 1.91. The molecular formula is C14H15N3O4S. The normalized spacial score (nSPS) is 16.9. The maximum atomic E-state index is 11.4. The Morgan fingerprint density at radius 2 is 2.14 bits per heavy atom. The van der Waals surface area contributed by atoms with Crippen molar-refractivity contribution in [3.8, 4) is 5.75 Å². The minimum Gasteiger partial charge on any atom is -0.501 e. The Morgan fingerprint density at radius 3 is 2.82 bits per heavy atom. The third-order valence-electron chi connectivity index (χ3n) is 3.79. The van der Waals surface area contributed by atoms with E-state index in [4.69, 9.17) is 0 Å². The van der Waals surface area contributed by atoms with E-state index in [1.807, 2.05) is 0 Å². The first-order chi connectivity index (χ1) is 10.6. The van der Waals surface area contributed by atoms with Gasteiger partial charge < -0.3 is 5.11 Å². The van der Waals surface area contributed by atoms with E-state index in [2.05, 4.69) is 9.88 Å². The highest BCUT2D eigenvalue weighted by Crippen LogP contribution is 2.35. The molecule has 1 saturated heterocycles. The van der Waals surface area contributed by atoms with Crippen LogP contribution in [0.2, 0.25) is 0 Å². The lowest BCUT2D eigenvalue weighted by atomic mass is 10.1. The van der Waals surface area contributed by atoms with Gasteiger partial charge >= 0.3 is 5.69 Å². The summed E-state index contributed by atoms with van der Waals surface area (Å²) in [5, 5.41) is 21.8. The van der Waals surface area contributed by atoms with Gasteiger partial charge in [0, 0.05) is 59.6 Å². The van der Waals surface area contributed by atoms with E-state index < -0.39 is 21.5 Å². The molecule has 0 radical (unpaired) electrons. The molecule has 1 aliphatic rings. The summed E-state index contributed by atoms with van der Waals surface area (Å²) in [6, 6.07) is 4.94. The lowest BCUT2D eigenvalue weighted by molar-refractivity contribution is -0.385. The first-order valence-corrected chi connectivity index (χ1v) is 8.36. The van der Waals surface area contributed by atoms with Crippen molar-refractivity contribution in [2.75, 3.05) is 24.6 Å². The van der Waals surface area contributed by atoms with Crippen molar-refractivity contribution >= 4 is 27.4 Å². The molecule has 0 unspecified atom stereocenters. The fourth-order valence-corrected chi connectivity index (χ4v) is 3.76. The summed E-state index contributed by atoms with van der Waals surface area (Å²) in [4.78, 5) is 16.7. The number of fused-ring (bicyclic) bond motifs is 1. The van der Waals surface area contributed by atoms with E-state index >= 15 is 0 Å². The molecule has 22 heavy (non-hydrogen) atoms. The molecule has 1 aliphatic heterocycles. The molecule has 7 nitrogen and oxygen atoms in total. The molecule has 0 aliphatic carbocycles. The fraction of sp³-hybridized carbons (Fsp3) is 0.357. The van der Waals surface area contributed by atoms with Crippen molar-refractivity contribution in [1.82, 2.24) is 9.88 Å². The summed E-state index contributed by atoms with van der Waals surface area (Å²) in [5.41, 5.74) is 0.661. The van der Waals surface area contributed by atoms with E-state index in [1.54, 1.807) is 12.1 Å². The van der Waals surface area contributed by atoms with Crippen LogP contribution in [0.4, 0.5) is 5.69 Å². The fourth-order valence-electron chi connectivity index (χ4n) is 2.63. The number of phenols is 1. The number of nitro groups is 1. The number of nitrogens with zero attached hydrogens (tertiary/aromatic N) is 3. The number of rotatable bonds is 3. The molecule has 1 aromatic carbocycles. The molecular weight excluding hydrogens is 306 g/mol. The highest BCUT2D eigenvalue weighted by molar-refractivity contribution is 7.85. The molecule has 116 valence electrons. The van der Waals surface area contributed by atoms with E-state index in [0.29, 0.717) is 36.5 Å². The van der Waals surface area contributed by atoms with E-state index in [0.717, 1.165) is 5.56 Å². The number of aromatic hydroxyl groups is 1. The van der Waals surface area contributed by atoms with Gasteiger partial charge in [0.05, 0.1) is 4.92 Å². The van der Waals surface area contributed by atoms with Crippen LogP contribution in [0.5, 0.6) is 5.75 Å². The van der Waals surface area contributed by atoms with Gasteiger partial charge in [0.25, 0.3) is 0 Å². The third-order valence-corrected chi connectivity index (χ3v) is 5.07. The second-order valence-corrected chi connectivity index (χ2v) is 6.88. The van der Waals surface area contributed by atoms with Gasteiger partial charge in [-0.1, -0.05) is 6.07 Å². The summed E-state index contributed by atoms with van der Waals surface area (Å²) in [6.07, 6.45) is 1.50. The Bertz CT molecular complexity index is 755. The molecule has 0 atom stereocenters. The average molecular weight is 321 g/mol. The predicted molar refractivity (Wildman–Crippen MR) is 83.2 cm³/mol. The van der Waals surface area contributed by atoms with Crippen molar-refractivity contribution in [3.05, 3.63) is 40.1 Å². The second kappa shape index (κ2) is 5.98. The minimum atomic E-state index is -0.764.